The lowest BCUT2D eigenvalue weighted by Gasteiger charge is -2.12. The van der Waals surface area contributed by atoms with E-state index in [9.17, 15) is 14.4 Å². The first kappa shape index (κ1) is 26.1. The Morgan fingerprint density at radius 3 is 1.43 bits per heavy atom. The molecule has 8 N–H and O–H groups in total. The third kappa shape index (κ3) is 18.2. The molecule has 0 rings (SSSR count). The fraction of sp³-hybridized carbons (Fsp3) is 0.750. The van der Waals surface area contributed by atoms with Crippen molar-refractivity contribution in [3.8, 4) is 0 Å². The largest absolute Gasteiger partial charge is 0.480 e. The summed E-state index contributed by atoms with van der Waals surface area (Å²) in [6.07, 6.45) is -0.854. The van der Waals surface area contributed by atoms with Crippen LogP contribution in [-0.4, -0.2) is 95.9 Å². The Kier molecular flexibility index (Phi) is 18.8. The minimum absolute atomic E-state index is 0.0417. The summed E-state index contributed by atoms with van der Waals surface area (Å²) >= 11 is 0. The van der Waals surface area contributed by atoms with Gasteiger partial charge in [-0.3, -0.25) is 14.4 Å². The summed E-state index contributed by atoms with van der Waals surface area (Å²) in [5.74, 6) is -2.89. The number of carboxylic acids is 3. The lowest BCUT2D eigenvalue weighted by Crippen LogP contribution is -2.42. The Morgan fingerprint density at radius 2 is 1.43 bits per heavy atom. The molecule has 0 amide bonds. The second-order valence-corrected chi connectivity index (χ2v) is 4.13. The van der Waals surface area contributed by atoms with Crippen LogP contribution in [0.15, 0.2) is 0 Å². The third-order valence-electron chi connectivity index (χ3n) is 2.22. The molecule has 0 aliphatic heterocycles. The minimum Gasteiger partial charge on any atom is -0.480 e. The highest BCUT2D eigenvalue weighted by atomic mass is 16.4. The molecule has 0 radical (unpaired) electrons. The summed E-state index contributed by atoms with van der Waals surface area (Å²) in [6, 6.07) is -1.68. The Morgan fingerprint density at radius 1 is 0.957 bits per heavy atom. The first-order valence-electron chi connectivity index (χ1n) is 6.54. The van der Waals surface area contributed by atoms with Crippen LogP contribution in [0.1, 0.15) is 6.92 Å². The average molecular weight is 341 g/mol. The van der Waals surface area contributed by atoms with Crippen LogP contribution < -0.4 is 16.0 Å². The van der Waals surface area contributed by atoms with E-state index in [1.807, 2.05) is 0 Å². The lowest BCUT2D eigenvalue weighted by molar-refractivity contribution is -0.142. The van der Waals surface area contributed by atoms with E-state index in [4.69, 9.17) is 25.5 Å². The van der Waals surface area contributed by atoms with E-state index >= 15 is 0 Å². The van der Waals surface area contributed by atoms with E-state index in [2.05, 4.69) is 16.0 Å². The zero-order chi connectivity index (χ0) is 19.0. The monoisotopic (exact) mass is 341 g/mol. The molecule has 0 aliphatic rings. The summed E-state index contributed by atoms with van der Waals surface area (Å²) in [5, 5.41) is 48.6. The fourth-order valence-corrected chi connectivity index (χ4v) is 1.02. The molecule has 11 heteroatoms. The molecule has 0 aromatic rings. The highest BCUT2D eigenvalue weighted by molar-refractivity contribution is 5.74. The number of aliphatic hydroxyl groups excluding tert-OH is 2. The van der Waals surface area contributed by atoms with Crippen LogP contribution in [-0.2, 0) is 14.4 Å². The van der Waals surface area contributed by atoms with Gasteiger partial charge in [0.15, 0.2) is 0 Å². The number of nitrogens with one attached hydrogen (secondary N) is 3. The first-order valence-corrected chi connectivity index (χ1v) is 6.54. The van der Waals surface area contributed by atoms with Crippen molar-refractivity contribution in [1.82, 2.24) is 16.0 Å². The molecule has 0 spiro atoms. The molecular formula is C12H27N3O8. The van der Waals surface area contributed by atoms with Gasteiger partial charge < -0.3 is 41.5 Å². The second-order valence-electron chi connectivity index (χ2n) is 4.13. The molecular weight excluding hydrogens is 314 g/mol. The van der Waals surface area contributed by atoms with E-state index in [-0.39, 0.29) is 13.2 Å². The summed E-state index contributed by atoms with van der Waals surface area (Å²) in [5.41, 5.74) is 0. The molecule has 0 saturated carbocycles. The number of likely N-dealkylation sites (N-methyl/N-ethyl adjacent to an activating group) is 3. The highest BCUT2D eigenvalue weighted by Crippen LogP contribution is 1.89. The van der Waals surface area contributed by atoms with Gasteiger partial charge in [-0.2, -0.15) is 0 Å². The zero-order valence-electron chi connectivity index (χ0n) is 13.6. The summed E-state index contributed by atoms with van der Waals surface area (Å²) in [6.45, 7) is 1.10. The lowest BCUT2D eigenvalue weighted by atomic mass is 10.2. The van der Waals surface area contributed by atoms with Crippen LogP contribution in [0, 0.1) is 0 Å². The van der Waals surface area contributed by atoms with Crippen LogP contribution >= 0.6 is 0 Å². The van der Waals surface area contributed by atoms with Gasteiger partial charge in [-0.15, -0.1) is 0 Å². The van der Waals surface area contributed by atoms with E-state index in [0.29, 0.717) is 0 Å². The molecule has 3 atom stereocenters. The smallest absolute Gasteiger partial charge is 0.323 e. The second kappa shape index (κ2) is 16.6. The topological polar surface area (TPSA) is 188 Å². The molecule has 0 fully saturated rings. The van der Waals surface area contributed by atoms with Gasteiger partial charge in [-0.1, -0.05) is 0 Å². The number of rotatable bonds is 8. The van der Waals surface area contributed by atoms with Crippen LogP contribution in [0.2, 0.25) is 0 Å². The van der Waals surface area contributed by atoms with E-state index in [0.717, 1.165) is 0 Å². The number of aliphatic carboxylic acids is 3. The predicted molar refractivity (Wildman–Crippen MR) is 81.3 cm³/mol. The predicted octanol–water partition coefficient (Wildman–Crippen LogP) is -3.02. The minimum atomic E-state index is -1.03. The molecule has 0 bridgehead atoms. The number of carbonyl (C=O) groups is 3. The van der Waals surface area contributed by atoms with E-state index < -0.39 is 36.1 Å². The van der Waals surface area contributed by atoms with E-state index in [1.54, 1.807) is 7.05 Å². The normalized spacial score (nSPS) is 13.3. The van der Waals surface area contributed by atoms with Crippen LogP contribution in [0.5, 0.6) is 0 Å². The van der Waals surface area contributed by atoms with Crippen molar-refractivity contribution in [2.75, 3.05) is 34.3 Å². The first-order chi connectivity index (χ1) is 10.6. The molecule has 0 heterocycles. The molecule has 0 saturated heterocycles. The molecule has 0 aromatic heterocycles. The molecule has 23 heavy (non-hydrogen) atoms. The number of aliphatic hydroxyl groups is 2. The van der Waals surface area contributed by atoms with Crippen LogP contribution in [0.3, 0.4) is 0 Å². The zero-order valence-corrected chi connectivity index (χ0v) is 13.6. The van der Waals surface area contributed by atoms with Crippen molar-refractivity contribution in [3.63, 3.8) is 0 Å². The number of hydrogen-bond donors (Lipinski definition) is 8. The maximum atomic E-state index is 10.1. The van der Waals surface area contributed by atoms with Crippen molar-refractivity contribution in [3.05, 3.63) is 0 Å². The van der Waals surface area contributed by atoms with Crippen molar-refractivity contribution < 1.29 is 39.9 Å². The number of hydrogen-bond acceptors (Lipinski definition) is 8. The molecule has 0 aliphatic carbocycles. The van der Waals surface area contributed by atoms with Gasteiger partial charge in [0.05, 0.1) is 19.3 Å². The molecule has 11 nitrogen and oxygen atoms in total. The third-order valence-corrected chi connectivity index (χ3v) is 2.22. The summed E-state index contributed by atoms with van der Waals surface area (Å²) in [7, 11) is 4.56. The fourth-order valence-electron chi connectivity index (χ4n) is 1.02. The Bertz CT molecular complexity index is 334. The van der Waals surface area contributed by atoms with Gasteiger partial charge in [0.2, 0.25) is 0 Å². The maximum Gasteiger partial charge on any atom is 0.323 e. The van der Waals surface area contributed by atoms with Crippen LogP contribution in [0.25, 0.3) is 0 Å². The van der Waals surface area contributed by atoms with Gasteiger partial charge in [-0.25, -0.2) is 0 Å². The van der Waals surface area contributed by atoms with Crippen molar-refractivity contribution in [1.29, 1.82) is 0 Å². The van der Waals surface area contributed by atoms with Crippen molar-refractivity contribution in [2.45, 2.75) is 25.1 Å². The quantitative estimate of drug-likeness (QED) is 0.224. The van der Waals surface area contributed by atoms with Gasteiger partial charge in [-0.05, 0) is 28.1 Å². The highest BCUT2D eigenvalue weighted by Gasteiger charge is 2.19. The Labute approximate surface area is 134 Å². The van der Waals surface area contributed by atoms with Gasteiger partial charge >= 0.3 is 17.9 Å². The average Bonchev–Trinajstić information content (AvgIpc) is 2.40. The maximum absolute atomic E-state index is 10.1. The van der Waals surface area contributed by atoms with Gasteiger partial charge in [0.1, 0.15) is 12.1 Å². The summed E-state index contributed by atoms with van der Waals surface area (Å²) < 4.78 is 0. The Hall–Kier alpha value is -1.79. The molecule has 3 unspecified atom stereocenters. The molecule has 138 valence electrons. The standard InChI is InChI=1S/C5H11NO3.C4H9NO3.C3H7NO2/c1-3(7)4(6-2)5(8)9;1-5-3(2-6)4(7)8;1-4-2-3(5)6/h3-4,6-7H,1-2H3,(H,8,9);3,5-6H,2H2,1H3,(H,7,8);4H,2H2,1H3,(H,5,6). The molecule has 0 aromatic carbocycles. The summed E-state index contributed by atoms with van der Waals surface area (Å²) in [4.78, 5) is 29.6. The van der Waals surface area contributed by atoms with Gasteiger partial charge in [0.25, 0.3) is 0 Å². The van der Waals surface area contributed by atoms with E-state index in [1.165, 1.54) is 21.0 Å². The van der Waals surface area contributed by atoms with Crippen molar-refractivity contribution >= 4 is 17.9 Å². The van der Waals surface area contributed by atoms with Gasteiger partial charge in [0, 0.05) is 0 Å². The Balaban J connectivity index is -0.000000266. The van der Waals surface area contributed by atoms with Crippen molar-refractivity contribution in [2.24, 2.45) is 0 Å². The SMILES string of the molecule is CNC(C(=O)O)C(C)O.CNC(CO)C(=O)O.CNCC(=O)O. The number of carboxylic acid groups (broad SMARTS) is 3. The van der Waals surface area contributed by atoms with Crippen LogP contribution in [0.4, 0.5) is 0 Å².